The summed E-state index contributed by atoms with van der Waals surface area (Å²) in [4.78, 5) is 57.4. The van der Waals surface area contributed by atoms with E-state index in [9.17, 15) is 19.2 Å². The Kier molecular flexibility index (Phi) is 9.91. The number of rotatable bonds is 9. The summed E-state index contributed by atoms with van der Waals surface area (Å²) in [5.74, 6) is 0.324. The van der Waals surface area contributed by atoms with E-state index in [-0.39, 0.29) is 30.6 Å². The Bertz CT molecular complexity index is 1910. The predicted octanol–water partition coefficient (Wildman–Crippen LogP) is 2.54. The Morgan fingerprint density at radius 2 is 1.22 bits per heavy atom. The molecule has 0 aromatic carbocycles. The molecule has 2 aliphatic rings. The molecular formula is C31H45N13O5. The molecule has 264 valence electrons. The number of nitrogens with zero attached hydrogens (tertiary/aromatic N) is 13. The van der Waals surface area contributed by atoms with E-state index in [1.54, 1.807) is 35.4 Å². The first-order valence-corrected chi connectivity index (χ1v) is 17.4. The Morgan fingerprint density at radius 1 is 0.735 bits per heavy atom. The number of tetrazole rings is 2. The Balaban J connectivity index is 1.25. The second-order valence-corrected chi connectivity index (χ2v) is 12.9. The van der Waals surface area contributed by atoms with Crippen molar-refractivity contribution in [2.24, 2.45) is 7.05 Å². The van der Waals surface area contributed by atoms with Crippen molar-refractivity contribution in [1.29, 1.82) is 0 Å². The number of carbonyl (C=O) groups is 2. The number of aromatic nitrogens is 11. The molecule has 18 heteroatoms. The summed E-state index contributed by atoms with van der Waals surface area (Å²) in [5.41, 5.74) is 0.819. The third-order valence-corrected chi connectivity index (χ3v) is 10.0. The number of amides is 2. The first-order valence-electron chi connectivity index (χ1n) is 17.4. The van der Waals surface area contributed by atoms with Crippen LogP contribution in [0.1, 0.15) is 101 Å². The zero-order chi connectivity index (χ0) is 34.8. The first kappa shape index (κ1) is 34.0. The standard InChI is InChI=1S/C31H45N13O5/c1-6-39(22-14-10-8-11-15-22)28(45)43-30(47)41(34-36-43)26-20(3)33-49-25(26)19-18-24-27(21(4)38(5)32-24)42-31(48)44(37-35-42)29(46)40(7-2)23-16-12-9-13-17-23/h22-23H,6-19H2,1-5H3. The highest BCUT2D eigenvalue weighted by Crippen LogP contribution is 2.25. The SMILES string of the molecule is CCN(C(=O)n1nnn(-c2c(C)noc2CCc2nn(C)c(C)c2-n2nnn(C(=O)N(CC)C3CCCCC3)c2=O)c1=O)C1CCCCC1. The van der Waals surface area contributed by atoms with Crippen molar-refractivity contribution in [3.05, 3.63) is 43.8 Å². The quantitative estimate of drug-likeness (QED) is 0.236. The lowest BCUT2D eigenvalue weighted by atomic mass is 9.94. The average Bonchev–Trinajstić information content (AvgIpc) is 3.86. The second-order valence-electron chi connectivity index (χ2n) is 12.9. The van der Waals surface area contributed by atoms with Crippen LogP contribution in [0.4, 0.5) is 9.59 Å². The van der Waals surface area contributed by atoms with Crippen molar-refractivity contribution in [3.8, 4) is 11.4 Å². The van der Waals surface area contributed by atoms with Gasteiger partial charge in [0.15, 0.2) is 5.76 Å². The van der Waals surface area contributed by atoms with Gasteiger partial charge in [-0.25, -0.2) is 19.2 Å². The van der Waals surface area contributed by atoms with Gasteiger partial charge in [0.25, 0.3) is 0 Å². The summed E-state index contributed by atoms with van der Waals surface area (Å²) >= 11 is 0. The number of aryl methyl sites for hydroxylation is 4. The third-order valence-electron chi connectivity index (χ3n) is 10.0. The minimum absolute atomic E-state index is 0.0573. The van der Waals surface area contributed by atoms with Crippen LogP contribution in [0.5, 0.6) is 0 Å². The highest BCUT2D eigenvalue weighted by Gasteiger charge is 2.31. The van der Waals surface area contributed by atoms with E-state index in [1.807, 2.05) is 13.8 Å². The monoisotopic (exact) mass is 679 g/mol. The van der Waals surface area contributed by atoms with Gasteiger partial charge in [-0.3, -0.25) is 4.68 Å². The van der Waals surface area contributed by atoms with E-state index in [0.717, 1.165) is 82.9 Å². The molecule has 49 heavy (non-hydrogen) atoms. The Labute approximate surface area is 282 Å². The lowest BCUT2D eigenvalue weighted by Gasteiger charge is -2.32. The molecule has 0 aliphatic heterocycles. The molecule has 0 bridgehead atoms. The van der Waals surface area contributed by atoms with Gasteiger partial charge in [0.05, 0.1) is 11.4 Å². The predicted molar refractivity (Wildman–Crippen MR) is 175 cm³/mol. The van der Waals surface area contributed by atoms with Crippen LogP contribution in [0, 0.1) is 13.8 Å². The van der Waals surface area contributed by atoms with Crippen LogP contribution in [0.2, 0.25) is 0 Å². The minimum atomic E-state index is -0.719. The van der Waals surface area contributed by atoms with Crippen molar-refractivity contribution < 1.29 is 14.1 Å². The highest BCUT2D eigenvalue weighted by molar-refractivity contribution is 5.76. The molecule has 0 spiro atoms. The maximum absolute atomic E-state index is 13.6. The Hall–Kier alpha value is -4.90. The van der Waals surface area contributed by atoms with Gasteiger partial charge in [-0.05, 0) is 74.2 Å². The van der Waals surface area contributed by atoms with Gasteiger partial charge < -0.3 is 14.3 Å². The molecule has 2 amide bonds. The summed E-state index contributed by atoms with van der Waals surface area (Å²) in [7, 11) is 1.75. The zero-order valence-electron chi connectivity index (χ0n) is 28.9. The van der Waals surface area contributed by atoms with Crippen LogP contribution in [-0.2, 0) is 19.9 Å². The van der Waals surface area contributed by atoms with Gasteiger partial charge in [0.2, 0.25) is 0 Å². The van der Waals surface area contributed by atoms with Crippen LogP contribution in [-0.4, -0.2) is 102 Å². The van der Waals surface area contributed by atoms with Gasteiger partial charge >= 0.3 is 23.4 Å². The molecule has 0 saturated heterocycles. The van der Waals surface area contributed by atoms with E-state index >= 15 is 0 Å². The maximum atomic E-state index is 13.6. The molecule has 0 N–H and O–H groups in total. The first-order chi connectivity index (χ1) is 23.7. The van der Waals surface area contributed by atoms with Crippen LogP contribution >= 0.6 is 0 Å². The summed E-state index contributed by atoms with van der Waals surface area (Å²) in [5, 5.41) is 24.7. The molecule has 2 aliphatic carbocycles. The molecule has 4 heterocycles. The number of hydrogen-bond donors (Lipinski definition) is 0. The van der Waals surface area contributed by atoms with Crippen LogP contribution in [0.25, 0.3) is 11.4 Å². The maximum Gasteiger partial charge on any atom is 0.377 e. The van der Waals surface area contributed by atoms with Crippen LogP contribution in [0.15, 0.2) is 14.1 Å². The van der Waals surface area contributed by atoms with Gasteiger partial charge in [-0.15, -0.1) is 9.36 Å². The number of hydrogen-bond acceptors (Lipinski definition) is 11. The topological polar surface area (TPSA) is 190 Å². The van der Waals surface area contributed by atoms with E-state index in [1.165, 1.54) is 0 Å². The van der Waals surface area contributed by atoms with Crippen molar-refractivity contribution >= 4 is 12.1 Å². The van der Waals surface area contributed by atoms with E-state index in [2.05, 4.69) is 31.1 Å². The molecule has 0 unspecified atom stereocenters. The molecule has 2 fully saturated rings. The minimum Gasteiger partial charge on any atom is -0.359 e. The van der Waals surface area contributed by atoms with E-state index in [4.69, 9.17) is 4.52 Å². The Morgan fingerprint density at radius 3 is 1.71 bits per heavy atom. The van der Waals surface area contributed by atoms with Crippen molar-refractivity contribution in [2.75, 3.05) is 13.1 Å². The molecule has 18 nitrogen and oxygen atoms in total. The summed E-state index contributed by atoms with van der Waals surface area (Å²) in [6, 6.07) is -0.879. The molecule has 0 radical (unpaired) electrons. The fraction of sp³-hybridized carbons (Fsp3) is 0.677. The van der Waals surface area contributed by atoms with E-state index in [0.29, 0.717) is 41.6 Å². The molecule has 2 saturated carbocycles. The van der Waals surface area contributed by atoms with Crippen LogP contribution < -0.4 is 11.4 Å². The van der Waals surface area contributed by atoms with Crippen molar-refractivity contribution in [1.82, 2.24) is 64.3 Å². The fourth-order valence-corrected chi connectivity index (χ4v) is 7.33. The molecule has 4 aromatic heterocycles. The van der Waals surface area contributed by atoms with Gasteiger partial charge in [-0.2, -0.15) is 14.5 Å². The molecule has 4 aromatic rings. The summed E-state index contributed by atoms with van der Waals surface area (Å²) < 4.78 is 11.0. The third kappa shape index (κ3) is 6.35. The van der Waals surface area contributed by atoms with Crippen molar-refractivity contribution in [3.63, 3.8) is 0 Å². The average molecular weight is 680 g/mol. The zero-order valence-corrected chi connectivity index (χ0v) is 28.9. The van der Waals surface area contributed by atoms with Crippen molar-refractivity contribution in [2.45, 2.75) is 117 Å². The van der Waals surface area contributed by atoms with Crippen LogP contribution in [0.3, 0.4) is 0 Å². The molecule has 6 rings (SSSR count). The summed E-state index contributed by atoms with van der Waals surface area (Å²) in [6.07, 6.45) is 10.5. The highest BCUT2D eigenvalue weighted by atomic mass is 16.5. The number of carbonyl (C=O) groups excluding carboxylic acids is 2. The fourth-order valence-electron chi connectivity index (χ4n) is 7.33. The van der Waals surface area contributed by atoms with Gasteiger partial charge in [0, 0.05) is 45.1 Å². The van der Waals surface area contributed by atoms with E-state index < -0.39 is 23.4 Å². The lowest BCUT2D eigenvalue weighted by molar-refractivity contribution is 0.156. The summed E-state index contributed by atoms with van der Waals surface area (Å²) in [6.45, 7) is 8.17. The molecular weight excluding hydrogens is 634 g/mol. The lowest BCUT2D eigenvalue weighted by Crippen LogP contribution is -2.47. The largest absolute Gasteiger partial charge is 0.377 e. The normalized spacial score (nSPS) is 15.9. The smallest absolute Gasteiger partial charge is 0.359 e. The molecule has 0 atom stereocenters. The second kappa shape index (κ2) is 14.3. The van der Waals surface area contributed by atoms with Gasteiger partial charge in [-0.1, -0.05) is 43.7 Å². The van der Waals surface area contributed by atoms with Gasteiger partial charge in [0.1, 0.15) is 17.1 Å².